The van der Waals surface area contributed by atoms with Crippen molar-refractivity contribution in [3.63, 3.8) is 0 Å². The molecule has 0 atom stereocenters. The van der Waals surface area contributed by atoms with Crippen LogP contribution in [0.25, 0.3) is 10.9 Å². The number of hydrogen-bond donors (Lipinski definition) is 0. The van der Waals surface area contributed by atoms with Gasteiger partial charge in [0, 0.05) is 21.6 Å². The lowest BCUT2D eigenvalue weighted by Gasteiger charge is -2.02. The number of thiazole rings is 1. The molecule has 0 bridgehead atoms. The number of aryl methyl sites for hydroxylation is 2. The van der Waals surface area contributed by atoms with E-state index in [4.69, 9.17) is 11.6 Å². The fourth-order valence-corrected chi connectivity index (χ4v) is 3.15. The van der Waals surface area contributed by atoms with Gasteiger partial charge in [0.1, 0.15) is 5.01 Å². The molecule has 18 heavy (non-hydrogen) atoms. The number of benzene rings is 1. The predicted molar refractivity (Wildman–Crippen MR) is 77.6 cm³/mol. The highest BCUT2D eigenvalue weighted by Crippen LogP contribution is 2.23. The molecule has 2 aromatic heterocycles. The normalized spacial score (nSPS) is 11.3. The number of nitrogens with zero attached hydrogens (tertiary/aromatic N) is 2. The van der Waals surface area contributed by atoms with Crippen molar-refractivity contribution in [3.8, 4) is 0 Å². The van der Waals surface area contributed by atoms with Crippen LogP contribution in [-0.4, -0.2) is 9.55 Å². The van der Waals surface area contributed by atoms with Crippen LogP contribution in [0.2, 0.25) is 5.02 Å². The molecule has 92 valence electrons. The molecule has 0 saturated carbocycles. The Balaban J connectivity index is 2.02. The molecule has 0 amide bonds. The van der Waals surface area contributed by atoms with Gasteiger partial charge in [0.15, 0.2) is 0 Å². The van der Waals surface area contributed by atoms with Gasteiger partial charge >= 0.3 is 0 Å². The molecule has 2 heterocycles. The minimum atomic E-state index is 0.772. The second-order valence-corrected chi connectivity index (χ2v) is 6.12. The zero-order valence-corrected chi connectivity index (χ0v) is 11.8. The topological polar surface area (TPSA) is 17.8 Å². The van der Waals surface area contributed by atoms with Crippen LogP contribution in [-0.2, 0) is 6.54 Å². The lowest BCUT2D eigenvalue weighted by molar-refractivity contribution is 0.824. The highest BCUT2D eigenvalue weighted by molar-refractivity contribution is 7.11. The number of halogens is 1. The molecule has 0 aliphatic rings. The summed E-state index contributed by atoms with van der Waals surface area (Å²) in [6.45, 7) is 4.98. The van der Waals surface area contributed by atoms with Crippen LogP contribution in [0.1, 0.15) is 15.6 Å². The van der Waals surface area contributed by atoms with Crippen molar-refractivity contribution in [1.82, 2.24) is 9.55 Å². The number of aromatic nitrogens is 2. The maximum absolute atomic E-state index is 6.05. The van der Waals surface area contributed by atoms with E-state index in [2.05, 4.69) is 35.7 Å². The Labute approximate surface area is 115 Å². The van der Waals surface area contributed by atoms with Crippen LogP contribution >= 0.6 is 22.9 Å². The number of hydrogen-bond acceptors (Lipinski definition) is 2. The standard InChI is InChI=1S/C14H13ClN2S/c1-9-10(2)18-14(16-9)8-17-6-5-11-3-4-12(15)7-13(11)17/h3-7H,8H2,1-2H3. The van der Waals surface area contributed by atoms with E-state index >= 15 is 0 Å². The summed E-state index contributed by atoms with van der Waals surface area (Å²) in [5, 5.41) is 3.13. The molecule has 4 heteroatoms. The molecule has 0 spiro atoms. The van der Waals surface area contributed by atoms with Gasteiger partial charge in [-0.05, 0) is 37.4 Å². The summed E-state index contributed by atoms with van der Waals surface area (Å²) in [7, 11) is 0. The maximum Gasteiger partial charge on any atom is 0.113 e. The average molecular weight is 277 g/mol. The Morgan fingerprint density at radius 1 is 1.28 bits per heavy atom. The zero-order valence-electron chi connectivity index (χ0n) is 10.3. The van der Waals surface area contributed by atoms with E-state index < -0.39 is 0 Å². The van der Waals surface area contributed by atoms with E-state index in [0.29, 0.717) is 0 Å². The summed E-state index contributed by atoms with van der Waals surface area (Å²) >= 11 is 7.81. The van der Waals surface area contributed by atoms with E-state index in [9.17, 15) is 0 Å². The summed E-state index contributed by atoms with van der Waals surface area (Å²) in [6, 6.07) is 8.08. The van der Waals surface area contributed by atoms with E-state index in [1.807, 2.05) is 18.2 Å². The van der Waals surface area contributed by atoms with E-state index in [-0.39, 0.29) is 0 Å². The summed E-state index contributed by atoms with van der Waals surface area (Å²) in [6.07, 6.45) is 2.09. The fourth-order valence-electron chi connectivity index (χ4n) is 2.05. The van der Waals surface area contributed by atoms with Crippen LogP contribution in [0.4, 0.5) is 0 Å². The molecule has 3 rings (SSSR count). The lowest BCUT2D eigenvalue weighted by Crippen LogP contribution is -1.97. The van der Waals surface area contributed by atoms with Gasteiger partial charge in [-0.2, -0.15) is 0 Å². The molecule has 1 aromatic carbocycles. The Morgan fingerprint density at radius 2 is 2.11 bits per heavy atom. The van der Waals surface area contributed by atoms with Crippen LogP contribution < -0.4 is 0 Å². The summed E-state index contributed by atoms with van der Waals surface area (Å²) in [5.41, 5.74) is 2.29. The zero-order chi connectivity index (χ0) is 12.7. The SMILES string of the molecule is Cc1nc(Cn2ccc3ccc(Cl)cc32)sc1C. The number of rotatable bonds is 2. The first kappa shape index (κ1) is 11.8. The van der Waals surface area contributed by atoms with Gasteiger partial charge in [-0.25, -0.2) is 4.98 Å². The molecule has 0 aliphatic heterocycles. The molecule has 0 saturated heterocycles. The van der Waals surface area contributed by atoms with Gasteiger partial charge < -0.3 is 4.57 Å². The molecule has 0 radical (unpaired) electrons. The molecule has 3 aromatic rings. The van der Waals surface area contributed by atoms with Gasteiger partial charge in [0.05, 0.1) is 12.2 Å². The summed E-state index contributed by atoms with van der Waals surface area (Å²) < 4.78 is 2.19. The van der Waals surface area contributed by atoms with Crippen molar-refractivity contribution in [2.24, 2.45) is 0 Å². The monoisotopic (exact) mass is 276 g/mol. The molecular formula is C14H13ClN2S. The second-order valence-electron chi connectivity index (χ2n) is 4.40. The molecule has 2 nitrogen and oxygen atoms in total. The largest absolute Gasteiger partial charge is 0.341 e. The third kappa shape index (κ3) is 2.04. The average Bonchev–Trinajstić information content (AvgIpc) is 2.85. The fraction of sp³-hybridized carbons (Fsp3) is 0.214. The van der Waals surface area contributed by atoms with Crippen LogP contribution in [0.5, 0.6) is 0 Å². The second kappa shape index (κ2) is 4.41. The van der Waals surface area contributed by atoms with Crippen molar-refractivity contribution in [2.45, 2.75) is 20.4 Å². The Bertz CT molecular complexity index is 692. The smallest absolute Gasteiger partial charge is 0.113 e. The van der Waals surface area contributed by atoms with Gasteiger partial charge in [0.25, 0.3) is 0 Å². The number of fused-ring (bicyclic) bond motifs is 1. The first-order chi connectivity index (χ1) is 8.63. The van der Waals surface area contributed by atoms with Crippen molar-refractivity contribution in [3.05, 3.63) is 51.1 Å². The highest BCUT2D eigenvalue weighted by atomic mass is 35.5. The van der Waals surface area contributed by atoms with E-state index in [1.54, 1.807) is 11.3 Å². The minimum absolute atomic E-state index is 0.772. The first-order valence-corrected chi connectivity index (χ1v) is 7.00. The molecular weight excluding hydrogens is 264 g/mol. The van der Waals surface area contributed by atoms with Crippen LogP contribution in [0.15, 0.2) is 30.5 Å². The van der Waals surface area contributed by atoms with Gasteiger partial charge in [-0.3, -0.25) is 0 Å². The van der Waals surface area contributed by atoms with E-state index in [1.165, 1.54) is 10.3 Å². The van der Waals surface area contributed by atoms with Crippen LogP contribution in [0.3, 0.4) is 0 Å². The highest BCUT2D eigenvalue weighted by Gasteiger charge is 2.07. The molecule has 0 unspecified atom stereocenters. The van der Waals surface area contributed by atoms with Gasteiger partial charge in [-0.15, -0.1) is 11.3 Å². The van der Waals surface area contributed by atoms with Gasteiger partial charge in [0.2, 0.25) is 0 Å². The lowest BCUT2D eigenvalue weighted by atomic mass is 10.2. The Hall–Kier alpha value is -1.32. The van der Waals surface area contributed by atoms with Crippen molar-refractivity contribution < 1.29 is 0 Å². The minimum Gasteiger partial charge on any atom is -0.341 e. The predicted octanol–water partition coefficient (Wildman–Crippen LogP) is 4.42. The van der Waals surface area contributed by atoms with Crippen molar-refractivity contribution in [2.75, 3.05) is 0 Å². The Morgan fingerprint density at radius 3 is 2.83 bits per heavy atom. The van der Waals surface area contributed by atoms with Crippen molar-refractivity contribution >= 4 is 33.8 Å². The molecule has 0 fully saturated rings. The van der Waals surface area contributed by atoms with Crippen molar-refractivity contribution in [1.29, 1.82) is 0 Å². The summed E-state index contributed by atoms with van der Waals surface area (Å²) in [4.78, 5) is 5.87. The van der Waals surface area contributed by atoms with Gasteiger partial charge in [-0.1, -0.05) is 17.7 Å². The van der Waals surface area contributed by atoms with Crippen LogP contribution in [0, 0.1) is 13.8 Å². The third-order valence-electron chi connectivity index (χ3n) is 3.11. The molecule has 0 aliphatic carbocycles. The van der Waals surface area contributed by atoms with E-state index in [0.717, 1.165) is 27.8 Å². The third-order valence-corrected chi connectivity index (χ3v) is 4.41. The summed E-state index contributed by atoms with van der Waals surface area (Å²) in [5.74, 6) is 0. The molecule has 0 N–H and O–H groups in total. The maximum atomic E-state index is 6.05. The Kier molecular flexibility index (Phi) is 2.88. The first-order valence-electron chi connectivity index (χ1n) is 5.81. The quantitative estimate of drug-likeness (QED) is 0.678.